The van der Waals surface area contributed by atoms with Crippen LogP contribution in [0.25, 0.3) is 11.0 Å². The quantitative estimate of drug-likeness (QED) is 0.657. The molecule has 0 aliphatic rings. The molecular formula is C10H11N2. The lowest BCUT2D eigenvalue weighted by molar-refractivity contribution is 0.692. The predicted molar refractivity (Wildman–Crippen MR) is 48.9 cm³/mol. The van der Waals surface area contributed by atoms with Crippen LogP contribution in [0.2, 0.25) is 0 Å². The first-order valence-corrected chi connectivity index (χ1v) is 4.25. The molecule has 2 nitrogen and oxygen atoms in total. The first-order valence-electron chi connectivity index (χ1n) is 4.25. The molecule has 1 radical (unpaired) electrons. The number of benzene rings is 1. The molecule has 2 rings (SSSR count). The topological polar surface area (TPSA) is 17.8 Å². The lowest BCUT2D eigenvalue weighted by Crippen LogP contribution is -1.93. The first-order chi connectivity index (χ1) is 5.92. The van der Waals surface area contributed by atoms with E-state index in [0.717, 1.165) is 18.5 Å². The Hall–Kier alpha value is -1.31. The van der Waals surface area contributed by atoms with Crippen molar-refractivity contribution in [1.82, 2.24) is 9.55 Å². The lowest BCUT2D eigenvalue weighted by Gasteiger charge is -1.98. The Bertz CT molecular complexity index is 376. The molecule has 0 unspecified atom stereocenters. The van der Waals surface area contributed by atoms with Gasteiger partial charge in [-0.25, -0.2) is 4.98 Å². The minimum atomic E-state index is 1.00. The highest BCUT2D eigenvalue weighted by Crippen LogP contribution is 2.11. The normalized spacial score (nSPS) is 10.8. The Kier molecular flexibility index (Phi) is 1.82. The van der Waals surface area contributed by atoms with Gasteiger partial charge in [-0.2, -0.15) is 0 Å². The molecule has 1 heterocycles. The zero-order valence-electron chi connectivity index (χ0n) is 7.12. The molecule has 0 atom stereocenters. The molecule has 0 amide bonds. The molecule has 2 aromatic rings. The maximum absolute atomic E-state index is 4.18. The van der Waals surface area contributed by atoms with Crippen molar-refractivity contribution >= 4 is 11.0 Å². The Morgan fingerprint density at radius 3 is 3.08 bits per heavy atom. The summed E-state index contributed by atoms with van der Waals surface area (Å²) in [5, 5.41) is 0. The van der Waals surface area contributed by atoms with Gasteiger partial charge in [-0.3, -0.25) is 0 Å². The van der Waals surface area contributed by atoms with Crippen LogP contribution >= 0.6 is 0 Å². The van der Waals surface area contributed by atoms with E-state index in [1.807, 2.05) is 18.2 Å². The maximum Gasteiger partial charge on any atom is 0.177 e. The van der Waals surface area contributed by atoms with E-state index >= 15 is 0 Å². The largest absolute Gasteiger partial charge is 0.321 e. The van der Waals surface area contributed by atoms with Crippen LogP contribution in [0.1, 0.15) is 13.3 Å². The number of nitrogens with zero attached hydrogens (tertiary/aromatic N) is 2. The van der Waals surface area contributed by atoms with Crippen molar-refractivity contribution in [2.24, 2.45) is 0 Å². The average molecular weight is 159 g/mol. The predicted octanol–water partition coefficient (Wildman–Crippen LogP) is 2.25. The highest BCUT2D eigenvalue weighted by atomic mass is 15.0. The summed E-state index contributed by atoms with van der Waals surface area (Å²) in [6, 6.07) is 8.12. The molecule has 0 aliphatic carbocycles. The van der Waals surface area contributed by atoms with Gasteiger partial charge in [0, 0.05) is 6.54 Å². The number of hydrogen-bond donors (Lipinski definition) is 0. The first kappa shape index (κ1) is 7.35. The van der Waals surface area contributed by atoms with Gasteiger partial charge in [-0.05, 0) is 18.6 Å². The zero-order chi connectivity index (χ0) is 8.39. The molecule has 0 fully saturated rings. The second-order valence-corrected chi connectivity index (χ2v) is 2.85. The van der Waals surface area contributed by atoms with Gasteiger partial charge in [0.2, 0.25) is 0 Å². The summed E-state index contributed by atoms with van der Waals surface area (Å²) in [4.78, 5) is 4.18. The van der Waals surface area contributed by atoms with Gasteiger partial charge in [-0.1, -0.05) is 19.1 Å². The highest BCUT2D eigenvalue weighted by Gasteiger charge is 1.99. The van der Waals surface area contributed by atoms with Crippen molar-refractivity contribution in [3.63, 3.8) is 0 Å². The number of aromatic nitrogens is 2. The molecule has 0 N–H and O–H groups in total. The van der Waals surface area contributed by atoms with Crippen molar-refractivity contribution < 1.29 is 0 Å². The number of aryl methyl sites for hydroxylation is 1. The van der Waals surface area contributed by atoms with Crippen LogP contribution in [0.4, 0.5) is 0 Å². The van der Waals surface area contributed by atoms with E-state index in [-0.39, 0.29) is 0 Å². The second kappa shape index (κ2) is 2.97. The van der Waals surface area contributed by atoms with E-state index in [9.17, 15) is 0 Å². The van der Waals surface area contributed by atoms with Crippen LogP contribution in [0.5, 0.6) is 0 Å². The van der Waals surface area contributed by atoms with Crippen LogP contribution in [-0.2, 0) is 6.54 Å². The number of hydrogen-bond acceptors (Lipinski definition) is 1. The molecule has 1 aromatic carbocycles. The summed E-state index contributed by atoms with van der Waals surface area (Å²) < 4.78 is 2.06. The lowest BCUT2D eigenvalue weighted by atomic mass is 10.3. The molecule has 12 heavy (non-hydrogen) atoms. The fourth-order valence-electron chi connectivity index (χ4n) is 1.35. The summed E-state index contributed by atoms with van der Waals surface area (Å²) in [6.07, 6.45) is 4.10. The van der Waals surface area contributed by atoms with E-state index in [1.165, 1.54) is 5.52 Å². The van der Waals surface area contributed by atoms with Crippen LogP contribution in [-0.4, -0.2) is 9.55 Å². The fraction of sp³-hybridized carbons (Fsp3) is 0.300. The van der Waals surface area contributed by atoms with Gasteiger partial charge in [-0.15, -0.1) is 0 Å². The Morgan fingerprint density at radius 1 is 1.42 bits per heavy atom. The number of para-hydroxylation sites is 2. The van der Waals surface area contributed by atoms with Crippen LogP contribution < -0.4 is 0 Å². The Morgan fingerprint density at radius 2 is 2.25 bits per heavy atom. The summed E-state index contributed by atoms with van der Waals surface area (Å²) >= 11 is 0. The van der Waals surface area contributed by atoms with Crippen molar-refractivity contribution in [2.45, 2.75) is 19.9 Å². The number of fused-ring (bicyclic) bond motifs is 1. The van der Waals surface area contributed by atoms with E-state index in [1.54, 1.807) is 0 Å². The monoisotopic (exact) mass is 159 g/mol. The fourth-order valence-corrected chi connectivity index (χ4v) is 1.35. The number of imidazole rings is 1. The summed E-state index contributed by atoms with van der Waals surface area (Å²) in [5.74, 6) is 0. The van der Waals surface area contributed by atoms with Crippen molar-refractivity contribution in [2.75, 3.05) is 0 Å². The third-order valence-electron chi connectivity index (χ3n) is 1.91. The molecular weight excluding hydrogens is 148 g/mol. The van der Waals surface area contributed by atoms with Crippen LogP contribution in [0, 0.1) is 6.33 Å². The average Bonchev–Trinajstić information content (AvgIpc) is 2.50. The van der Waals surface area contributed by atoms with E-state index in [2.05, 4.69) is 28.9 Å². The molecule has 0 spiro atoms. The van der Waals surface area contributed by atoms with Gasteiger partial charge in [0.25, 0.3) is 0 Å². The third-order valence-corrected chi connectivity index (χ3v) is 1.91. The molecule has 0 aliphatic heterocycles. The van der Waals surface area contributed by atoms with E-state index < -0.39 is 0 Å². The standard InChI is InChI=1S/C10H11N2/c1-2-7-12-8-11-9-5-3-4-6-10(9)12/h3-6H,2,7H2,1H3. The van der Waals surface area contributed by atoms with Gasteiger partial charge in [0.05, 0.1) is 11.0 Å². The summed E-state index contributed by atoms with van der Waals surface area (Å²) in [7, 11) is 0. The van der Waals surface area contributed by atoms with Gasteiger partial charge in [0.1, 0.15) is 0 Å². The second-order valence-electron chi connectivity index (χ2n) is 2.85. The SMILES string of the molecule is CCCn1[c]nc2ccccc21. The highest BCUT2D eigenvalue weighted by molar-refractivity contribution is 5.74. The molecule has 2 heteroatoms. The molecule has 1 aromatic heterocycles. The Labute approximate surface area is 71.8 Å². The Balaban J connectivity index is 2.55. The smallest absolute Gasteiger partial charge is 0.177 e. The minimum absolute atomic E-state index is 1.00. The molecule has 61 valence electrons. The summed E-state index contributed by atoms with van der Waals surface area (Å²) in [5.41, 5.74) is 2.21. The molecule has 0 saturated heterocycles. The van der Waals surface area contributed by atoms with E-state index in [4.69, 9.17) is 0 Å². The minimum Gasteiger partial charge on any atom is -0.321 e. The summed E-state index contributed by atoms with van der Waals surface area (Å²) in [6.45, 7) is 3.16. The van der Waals surface area contributed by atoms with Crippen molar-refractivity contribution in [3.8, 4) is 0 Å². The van der Waals surface area contributed by atoms with Crippen molar-refractivity contribution in [3.05, 3.63) is 30.6 Å². The van der Waals surface area contributed by atoms with Gasteiger partial charge in [0.15, 0.2) is 6.33 Å². The zero-order valence-corrected chi connectivity index (χ0v) is 7.12. The molecule has 0 bridgehead atoms. The van der Waals surface area contributed by atoms with Crippen LogP contribution in [0.3, 0.4) is 0 Å². The van der Waals surface area contributed by atoms with Gasteiger partial charge >= 0.3 is 0 Å². The van der Waals surface area contributed by atoms with Gasteiger partial charge < -0.3 is 4.57 Å². The van der Waals surface area contributed by atoms with Crippen LogP contribution in [0.15, 0.2) is 24.3 Å². The van der Waals surface area contributed by atoms with Crippen molar-refractivity contribution in [1.29, 1.82) is 0 Å². The molecule has 0 saturated carbocycles. The van der Waals surface area contributed by atoms with E-state index in [0.29, 0.717) is 0 Å². The maximum atomic E-state index is 4.18. The number of rotatable bonds is 2. The third kappa shape index (κ3) is 1.09.